The van der Waals surface area contributed by atoms with Gasteiger partial charge >= 0.3 is 0 Å². The van der Waals surface area contributed by atoms with Gasteiger partial charge in [-0.3, -0.25) is 9.79 Å². The molecule has 4 heteroatoms. The summed E-state index contributed by atoms with van der Waals surface area (Å²) in [5.41, 5.74) is 6.70. The molecule has 4 rings (SSSR count). The number of carbonyl (C=O) groups is 1. The normalized spacial score (nSPS) is 20.7. The molecule has 2 aliphatic rings. The van der Waals surface area contributed by atoms with Crippen LogP contribution in [0, 0.1) is 0 Å². The Morgan fingerprint density at radius 3 is 2.81 bits per heavy atom. The monoisotopic (exact) mass is 357 g/mol. The number of carbonyl (C=O) groups excluding carboxylic acids is 1. The van der Waals surface area contributed by atoms with Gasteiger partial charge in [0.1, 0.15) is 0 Å². The second-order valence-corrected chi connectivity index (χ2v) is 7.24. The molecule has 0 saturated carbocycles. The largest absolute Gasteiger partial charge is 0.356 e. The summed E-state index contributed by atoms with van der Waals surface area (Å²) in [6, 6.07) is 14.3. The highest BCUT2D eigenvalue weighted by Crippen LogP contribution is 2.47. The van der Waals surface area contributed by atoms with E-state index in [1.54, 1.807) is 6.21 Å². The van der Waals surface area contributed by atoms with Crippen molar-refractivity contribution in [3.63, 3.8) is 0 Å². The molecule has 0 bridgehead atoms. The fraction of sp³-hybridized carbons (Fsp3) is 0.217. The van der Waals surface area contributed by atoms with Gasteiger partial charge in [0.25, 0.3) is 0 Å². The zero-order valence-electron chi connectivity index (χ0n) is 15.7. The molecule has 2 aromatic carbocycles. The van der Waals surface area contributed by atoms with Crippen molar-refractivity contribution in [1.29, 1.82) is 0 Å². The highest BCUT2D eigenvalue weighted by molar-refractivity contribution is 6.07. The van der Waals surface area contributed by atoms with Crippen molar-refractivity contribution in [1.82, 2.24) is 0 Å². The van der Waals surface area contributed by atoms with Crippen LogP contribution in [0.5, 0.6) is 0 Å². The molecule has 1 spiro atoms. The number of anilines is 2. The van der Waals surface area contributed by atoms with E-state index in [0.717, 1.165) is 41.2 Å². The molecule has 1 atom stereocenters. The minimum atomic E-state index is -0.471. The van der Waals surface area contributed by atoms with Gasteiger partial charge in [0.15, 0.2) is 0 Å². The molecule has 27 heavy (non-hydrogen) atoms. The van der Waals surface area contributed by atoms with Crippen LogP contribution in [0.4, 0.5) is 11.4 Å². The van der Waals surface area contributed by atoms with Crippen molar-refractivity contribution in [2.45, 2.75) is 32.1 Å². The molecule has 0 fully saturated rings. The van der Waals surface area contributed by atoms with Crippen LogP contribution < -0.4 is 10.6 Å². The molecule has 2 aromatic rings. The molecule has 0 saturated heterocycles. The molecular weight excluding hydrogens is 334 g/mol. The smallest absolute Gasteiger partial charge is 0.235 e. The minimum absolute atomic E-state index is 0.106. The quantitative estimate of drug-likeness (QED) is 0.621. The summed E-state index contributed by atoms with van der Waals surface area (Å²) in [5.74, 6) is 0.106. The number of para-hydroxylation sites is 1. The van der Waals surface area contributed by atoms with E-state index in [4.69, 9.17) is 0 Å². The molecule has 4 nitrogen and oxygen atoms in total. The second-order valence-electron chi connectivity index (χ2n) is 7.24. The summed E-state index contributed by atoms with van der Waals surface area (Å²) in [4.78, 5) is 17.0. The third-order valence-electron chi connectivity index (χ3n) is 5.34. The maximum Gasteiger partial charge on any atom is 0.235 e. The van der Waals surface area contributed by atoms with Crippen LogP contribution in [-0.4, -0.2) is 12.1 Å². The number of hydrogen-bond acceptors (Lipinski definition) is 3. The second kappa shape index (κ2) is 6.54. The maximum absolute atomic E-state index is 12.8. The summed E-state index contributed by atoms with van der Waals surface area (Å²) in [7, 11) is 0. The Balaban J connectivity index is 1.59. The van der Waals surface area contributed by atoms with E-state index in [0.29, 0.717) is 0 Å². The van der Waals surface area contributed by atoms with E-state index in [9.17, 15) is 4.79 Å². The first-order valence-electron chi connectivity index (χ1n) is 9.17. The predicted octanol–water partition coefficient (Wildman–Crippen LogP) is 4.60. The minimum Gasteiger partial charge on any atom is -0.356 e. The summed E-state index contributed by atoms with van der Waals surface area (Å²) < 4.78 is 0. The summed E-state index contributed by atoms with van der Waals surface area (Å²) in [5, 5.41) is 6.38. The lowest BCUT2D eigenvalue weighted by Gasteiger charge is -2.20. The molecule has 1 unspecified atom stereocenters. The molecule has 1 aliphatic heterocycles. The van der Waals surface area contributed by atoms with Crippen molar-refractivity contribution in [3.05, 3.63) is 83.2 Å². The summed E-state index contributed by atoms with van der Waals surface area (Å²) in [6.07, 6.45) is 5.15. The van der Waals surface area contributed by atoms with Crippen molar-refractivity contribution in [2.75, 3.05) is 10.6 Å². The Morgan fingerprint density at radius 2 is 2.00 bits per heavy atom. The van der Waals surface area contributed by atoms with E-state index in [2.05, 4.69) is 40.4 Å². The number of aliphatic imine (C=N–C) groups is 1. The standard InChI is InChI=1S/C23H23N3O/c1-4-24-15(2)11-16(3)25-19-10-9-17-13-23(14-18(17)12-19)20-7-5-6-8-21(20)26-22(23)27/h4-12,25H,3,13-14H2,1-2H3,(H,26,27)/b15-11-,24-4?. The number of rotatable bonds is 4. The highest BCUT2D eigenvalue weighted by Gasteiger charge is 2.50. The number of fused-ring (bicyclic) bond motifs is 3. The first-order chi connectivity index (χ1) is 13.0. The van der Waals surface area contributed by atoms with Crippen molar-refractivity contribution < 1.29 is 4.79 Å². The van der Waals surface area contributed by atoms with Gasteiger partial charge in [0.05, 0.1) is 5.41 Å². The molecule has 0 aromatic heterocycles. The topological polar surface area (TPSA) is 53.5 Å². The van der Waals surface area contributed by atoms with E-state index < -0.39 is 5.41 Å². The average molecular weight is 357 g/mol. The fourth-order valence-electron chi connectivity index (χ4n) is 4.19. The van der Waals surface area contributed by atoms with Gasteiger partial charge in [-0.25, -0.2) is 0 Å². The lowest BCUT2D eigenvalue weighted by atomic mass is 9.79. The van der Waals surface area contributed by atoms with Gasteiger partial charge < -0.3 is 10.6 Å². The lowest BCUT2D eigenvalue weighted by molar-refractivity contribution is -0.120. The van der Waals surface area contributed by atoms with Crippen LogP contribution in [-0.2, 0) is 23.1 Å². The van der Waals surface area contributed by atoms with Crippen molar-refractivity contribution in [2.24, 2.45) is 4.99 Å². The number of nitrogens with zero attached hydrogens (tertiary/aromatic N) is 1. The van der Waals surface area contributed by atoms with Gasteiger partial charge in [0.2, 0.25) is 5.91 Å². The third-order valence-corrected chi connectivity index (χ3v) is 5.34. The van der Waals surface area contributed by atoms with E-state index >= 15 is 0 Å². The Labute approximate surface area is 159 Å². The van der Waals surface area contributed by atoms with Gasteiger partial charge in [0, 0.05) is 29.0 Å². The lowest BCUT2D eigenvalue weighted by Crippen LogP contribution is -2.35. The van der Waals surface area contributed by atoms with Gasteiger partial charge in [-0.05, 0) is 67.7 Å². The van der Waals surface area contributed by atoms with Crippen LogP contribution in [0.1, 0.15) is 30.5 Å². The molecule has 1 aliphatic carbocycles. The Hall–Kier alpha value is -3.14. The Bertz CT molecular complexity index is 1000. The average Bonchev–Trinajstić information content (AvgIpc) is 3.13. The van der Waals surface area contributed by atoms with Crippen LogP contribution in [0.15, 0.2) is 71.5 Å². The van der Waals surface area contributed by atoms with Gasteiger partial charge in [-0.15, -0.1) is 0 Å². The zero-order chi connectivity index (χ0) is 19.0. The number of hydrogen-bond donors (Lipinski definition) is 2. The molecule has 0 radical (unpaired) electrons. The number of allylic oxidation sites excluding steroid dienone is 2. The van der Waals surface area contributed by atoms with Crippen molar-refractivity contribution in [3.8, 4) is 0 Å². The first kappa shape index (κ1) is 17.3. The third kappa shape index (κ3) is 2.97. The SMILES string of the molecule is C=C(/C=C(/C)N=CC)Nc1ccc2c(c1)CC1(C2)C(=O)Nc2ccccc21. The molecule has 2 N–H and O–H groups in total. The fourth-order valence-corrected chi connectivity index (χ4v) is 4.19. The predicted molar refractivity (Wildman–Crippen MR) is 111 cm³/mol. The maximum atomic E-state index is 12.8. The van der Waals surface area contributed by atoms with Crippen LogP contribution in [0.3, 0.4) is 0 Å². The van der Waals surface area contributed by atoms with Crippen molar-refractivity contribution >= 4 is 23.5 Å². The number of amides is 1. The molecule has 1 amide bonds. The van der Waals surface area contributed by atoms with Crippen LogP contribution in [0.25, 0.3) is 0 Å². The summed E-state index contributed by atoms with van der Waals surface area (Å²) in [6.45, 7) is 7.88. The highest BCUT2D eigenvalue weighted by atomic mass is 16.2. The number of benzene rings is 2. The zero-order valence-corrected chi connectivity index (χ0v) is 15.7. The first-order valence-corrected chi connectivity index (χ1v) is 9.17. The molecular formula is C23H23N3O. The summed E-state index contributed by atoms with van der Waals surface area (Å²) >= 11 is 0. The van der Waals surface area contributed by atoms with Gasteiger partial charge in [-0.1, -0.05) is 30.8 Å². The molecule has 1 heterocycles. The molecule has 136 valence electrons. The van der Waals surface area contributed by atoms with E-state index in [1.807, 2.05) is 44.2 Å². The van der Waals surface area contributed by atoms with Gasteiger partial charge in [-0.2, -0.15) is 0 Å². The van der Waals surface area contributed by atoms with Crippen LogP contribution in [0.2, 0.25) is 0 Å². The Morgan fingerprint density at radius 1 is 1.22 bits per heavy atom. The van der Waals surface area contributed by atoms with Crippen LogP contribution >= 0.6 is 0 Å². The van der Waals surface area contributed by atoms with E-state index in [-0.39, 0.29) is 5.91 Å². The van der Waals surface area contributed by atoms with E-state index in [1.165, 1.54) is 11.1 Å². The Kier molecular flexibility index (Phi) is 4.19. The number of nitrogens with one attached hydrogen (secondary N) is 2.